The van der Waals surface area contributed by atoms with Crippen molar-refractivity contribution in [2.24, 2.45) is 5.92 Å². The van der Waals surface area contributed by atoms with Crippen LogP contribution in [-0.4, -0.2) is 15.1 Å². The van der Waals surface area contributed by atoms with Crippen LogP contribution in [0, 0.1) is 5.92 Å². The van der Waals surface area contributed by atoms with Gasteiger partial charge in [-0.3, -0.25) is 0 Å². The van der Waals surface area contributed by atoms with E-state index in [0.717, 1.165) is 5.56 Å². The lowest BCUT2D eigenvalue weighted by atomic mass is 9.84. The molecule has 2 aromatic rings. The van der Waals surface area contributed by atoms with Crippen molar-refractivity contribution in [3.05, 3.63) is 64.2 Å². The van der Waals surface area contributed by atoms with Crippen molar-refractivity contribution in [3.63, 3.8) is 0 Å². The van der Waals surface area contributed by atoms with E-state index < -0.39 is 5.60 Å². The Labute approximate surface area is 134 Å². The van der Waals surface area contributed by atoms with E-state index in [-0.39, 0.29) is 5.92 Å². The van der Waals surface area contributed by atoms with Gasteiger partial charge in [0, 0.05) is 28.0 Å². The number of aliphatic hydroxyl groups is 1. The maximum Gasteiger partial charge on any atom is 0.115 e. The van der Waals surface area contributed by atoms with E-state index in [9.17, 15) is 5.11 Å². The summed E-state index contributed by atoms with van der Waals surface area (Å²) in [6.45, 7) is 3.86. The first-order valence-corrected chi connectivity index (χ1v) is 7.31. The average molecular weight is 323 g/mol. The predicted molar refractivity (Wildman–Crippen MR) is 86.3 cm³/mol. The van der Waals surface area contributed by atoms with Gasteiger partial charge in [-0.2, -0.15) is 0 Å². The van der Waals surface area contributed by atoms with Crippen molar-refractivity contribution in [1.82, 2.24) is 9.97 Å². The molecular weight excluding hydrogens is 307 g/mol. The van der Waals surface area contributed by atoms with Crippen molar-refractivity contribution < 1.29 is 5.11 Å². The average Bonchev–Trinajstić information content (AvgIpc) is 2.46. The fraction of sp³-hybridized carbons (Fsp3) is 0.250. The van der Waals surface area contributed by atoms with Gasteiger partial charge in [0.05, 0.1) is 0 Å². The largest absolute Gasteiger partial charge is 0.381 e. The highest BCUT2D eigenvalue weighted by molar-refractivity contribution is 6.35. The van der Waals surface area contributed by atoms with Crippen molar-refractivity contribution in [2.45, 2.75) is 19.4 Å². The SMILES string of the molecule is CC(C)C(O)(/C=C/c1ccc(Cl)cc1Cl)c1cncnc1. The molecule has 1 N–H and O–H groups in total. The van der Waals surface area contributed by atoms with Gasteiger partial charge < -0.3 is 5.11 Å². The van der Waals surface area contributed by atoms with Crippen molar-refractivity contribution in [3.8, 4) is 0 Å². The molecule has 1 aromatic heterocycles. The number of benzene rings is 1. The Hall–Kier alpha value is -1.42. The molecule has 0 aliphatic rings. The van der Waals surface area contributed by atoms with Crippen LogP contribution in [0.15, 0.2) is 43.0 Å². The summed E-state index contributed by atoms with van der Waals surface area (Å²) >= 11 is 12.0. The Morgan fingerprint density at radius 3 is 2.43 bits per heavy atom. The molecule has 0 amide bonds. The molecule has 2 rings (SSSR count). The third-order valence-corrected chi connectivity index (χ3v) is 3.95. The zero-order valence-electron chi connectivity index (χ0n) is 11.8. The molecule has 1 unspecified atom stereocenters. The number of hydrogen-bond donors (Lipinski definition) is 1. The summed E-state index contributed by atoms with van der Waals surface area (Å²) < 4.78 is 0. The van der Waals surface area contributed by atoms with Crippen LogP contribution in [0.3, 0.4) is 0 Å². The second-order valence-corrected chi connectivity index (χ2v) is 5.95. The van der Waals surface area contributed by atoms with Gasteiger partial charge in [-0.1, -0.05) is 49.2 Å². The number of nitrogens with zero attached hydrogens (tertiary/aromatic N) is 2. The summed E-state index contributed by atoms with van der Waals surface area (Å²) in [6.07, 6.45) is 8.16. The Kier molecular flexibility index (Phi) is 4.99. The van der Waals surface area contributed by atoms with Gasteiger partial charge in [0.15, 0.2) is 0 Å². The molecule has 0 saturated carbocycles. The first-order valence-electron chi connectivity index (χ1n) is 6.55. The molecule has 0 aliphatic heterocycles. The number of hydrogen-bond acceptors (Lipinski definition) is 3. The van der Waals surface area contributed by atoms with Gasteiger partial charge in [0.1, 0.15) is 11.9 Å². The fourth-order valence-electron chi connectivity index (χ4n) is 1.98. The third-order valence-electron chi connectivity index (χ3n) is 3.38. The fourth-order valence-corrected chi connectivity index (χ4v) is 2.45. The Balaban J connectivity index is 2.38. The van der Waals surface area contributed by atoms with E-state index in [4.69, 9.17) is 23.2 Å². The third kappa shape index (κ3) is 3.62. The lowest BCUT2D eigenvalue weighted by Gasteiger charge is -2.28. The first kappa shape index (κ1) is 16.0. The van der Waals surface area contributed by atoms with Crippen LogP contribution in [0.25, 0.3) is 6.08 Å². The lowest BCUT2D eigenvalue weighted by Crippen LogP contribution is -2.29. The molecule has 3 nitrogen and oxygen atoms in total. The van der Waals surface area contributed by atoms with E-state index in [2.05, 4.69) is 9.97 Å². The predicted octanol–water partition coefficient (Wildman–Crippen LogP) is 4.34. The lowest BCUT2D eigenvalue weighted by molar-refractivity contribution is 0.0401. The topological polar surface area (TPSA) is 46.0 Å². The zero-order chi connectivity index (χ0) is 15.5. The highest BCUT2D eigenvalue weighted by atomic mass is 35.5. The molecule has 0 spiro atoms. The summed E-state index contributed by atoms with van der Waals surface area (Å²) in [5, 5.41) is 12.0. The number of rotatable bonds is 4. The van der Waals surface area contributed by atoms with Crippen LogP contribution in [0.4, 0.5) is 0 Å². The number of halogens is 2. The maximum atomic E-state index is 10.9. The molecule has 21 heavy (non-hydrogen) atoms. The summed E-state index contributed by atoms with van der Waals surface area (Å²) in [7, 11) is 0. The van der Waals surface area contributed by atoms with Crippen LogP contribution in [0.2, 0.25) is 10.0 Å². The maximum absolute atomic E-state index is 10.9. The second kappa shape index (κ2) is 6.56. The van der Waals surface area contributed by atoms with Gasteiger partial charge in [0.25, 0.3) is 0 Å². The standard InChI is InChI=1S/C16H16Cl2N2O/c1-11(2)16(21,13-8-19-10-20-9-13)6-5-12-3-4-14(17)7-15(12)18/h3-11,21H,1-2H3/b6-5+. The molecule has 1 atom stereocenters. The summed E-state index contributed by atoms with van der Waals surface area (Å²) in [5.41, 5.74) is 0.267. The summed E-state index contributed by atoms with van der Waals surface area (Å²) in [4.78, 5) is 7.94. The Morgan fingerprint density at radius 2 is 1.86 bits per heavy atom. The molecule has 0 radical (unpaired) electrons. The zero-order valence-corrected chi connectivity index (χ0v) is 13.3. The van der Waals surface area contributed by atoms with Gasteiger partial charge in [-0.15, -0.1) is 0 Å². The monoisotopic (exact) mass is 322 g/mol. The van der Waals surface area contributed by atoms with Crippen LogP contribution in [-0.2, 0) is 5.60 Å². The van der Waals surface area contributed by atoms with Gasteiger partial charge in [0.2, 0.25) is 0 Å². The minimum atomic E-state index is -1.16. The Morgan fingerprint density at radius 1 is 1.19 bits per heavy atom. The molecule has 0 bridgehead atoms. The van der Waals surface area contributed by atoms with Crippen LogP contribution in [0.1, 0.15) is 25.0 Å². The van der Waals surface area contributed by atoms with Crippen LogP contribution >= 0.6 is 23.2 Å². The van der Waals surface area contributed by atoms with Crippen LogP contribution < -0.4 is 0 Å². The molecule has 5 heteroatoms. The quantitative estimate of drug-likeness (QED) is 0.910. The Bertz CT molecular complexity index is 644. The first-order chi connectivity index (χ1) is 9.93. The second-order valence-electron chi connectivity index (χ2n) is 5.11. The van der Waals surface area contributed by atoms with E-state index >= 15 is 0 Å². The van der Waals surface area contributed by atoms with E-state index in [1.54, 1.807) is 36.7 Å². The molecule has 0 saturated heterocycles. The minimum Gasteiger partial charge on any atom is -0.381 e. The molecule has 0 fully saturated rings. The van der Waals surface area contributed by atoms with Crippen molar-refractivity contribution >= 4 is 29.3 Å². The van der Waals surface area contributed by atoms with Gasteiger partial charge in [-0.25, -0.2) is 9.97 Å². The van der Waals surface area contributed by atoms with Crippen molar-refractivity contribution in [2.75, 3.05) is 0 Å². The van der Waals surface area contributed by atoms with Gasteiger partial charge in [-0.05, 0) is 29.7 Å². The normalized spacial score (nSPS) is 14.6. The minimum absolute atomic E-state index is 0.0502. The molecule has 110 valence electrons. The van der Waals surface area contributed by atoms with E-state index in [1.807, 2.05) is 19.9 Å². The molecule has 1 aromatic carbocycles. The smallest absolute Gasteiger partial charge is 0.115 e. The highest BCUT2D eigenvalue weighted by Gasteiger charge is 2.30. The van der Waals surface area contributed by atoms with Gasteiger partial charge >= 0.3 is 0 Å². The molecular formula is C16H16Cl2N2O. The highest BCUT2D eigenvalue weighted by Crippen LogP contribution is 2.32. The molecule has 1 heterocycles. The summed E-state index contributed by atoms with van der Waals surface area (Å²) in [5.74, 6) is -0.0502. The van der Waals surface area contributed by atoms with E-state index in [1.165, 1.54) is 6.33 Å². The number of aromatic nitrogens is 2. The summed E-state index contributed by atoms with van der Waals surface area (Å²) in [6, 6.07) is 5.24. The van der Waals surface area contributed by atoms with Crippen molar-refractivity contribution in [1.29, 1.82) is 0 Å². The van der Waals surface area contributed by atoms with E-state index in [0.29, 0.717) is 15.6 Å². The van der Waals surface area contributed by atoms with Crippen LogP contribution in [0.5, 0.6) is 0 Å². The molecule has 0 aliphatic carbocycles.